The molecule has 0 radical (unpaired) electrons. The van der Waals surface area contributed by atoms with Gasteiger partial charge in [0, 0.05) is 6.61 Å². The molecule has 0 aromatic rings. The number of hydrogen-bond donors (Lipinski definition) is 0. The third kappa shape index (κ3) is 2.20. The van der Waals surface area contributed by atoms with Crippen LogP contribution in [-0.2, 0) is 4.74 Å². The molecule has 0 aromatic carbocycles. The zero-order chi connectivity index (χ0) is 8.10. The minimum absolute atomic E-state index is 0.137. The van der Waals surface area contributed by atoms with Gasteiger partial charge in [0.25, 0.3) is 0 Å². The summed E-state index contributed by atoms with van der Waals surface area (Å²) in [7, 11) is 0. The van der Waals surface area contributed by atoms with Crippen LogP contribution in [0.2, 0.25) is 0 Å². The first-order chi connectivity index (χ1) is 5.38. The Labute approximate surface area is 68.2 Å². The number of nitriles is 1. The van der Waals surface area contributed by atoms with Gasteiger partial charge >= 0.3 is 0 Å². The zero-order valence-electron chi connectivity index (χ0n) is 7.05. The van der Waals surface area contributed by atoms with Gasteiger partial charge in [-0.3, -0.25) is 0 Å². The van der Waals surface area contributed by atoms with Crippen molar-refractivity contribution in [2.45, 2.75) is 38.7 Å². The van der Waals surface area contributed by atoms with Gasteiger partial charge in [0.1, 0.15) is 6.10 Å². The summed E-state index contributed by atoms with van der Waals surface area (Å²) in [4.78, 5) is 0. The van der Waals surface area contributed by atoms with E-state index in [2.05, 4.69) is 6.07 Å². The fourth-order valence-corrected chi connectivity index (χ4v) is 1.72. The van der Waals surface area contributed by atoms with Crippen LogP contribution < -0.4 is 0 Å². The maximum absolute atomic E-state index is 8.74. The van der Waals surface area contributed by atoms with Gasteiger partial charge in [-0.25, -0.2) is 0 Å². The molecule has 0 aliphatic heterocycles. The summed E-state index contributed by atoms with van der Waals surface area (Å²) in [6, 6.07) is 2.22. The van der Waals surface area contributed by atoms with Crippen LogP contribution >= 0.6 is 0 Å². The Balaban J connectivity index is 2.35. The summed E-state index contributed by atoms with van der Waals surface area (Å²) in [5.74, 6) is 0.514. The molecule has 11 heavy (non-hydrogen) atoms. The SMILES string of the molecule is CCOC(C#N)C1CCCC1. The zero-order valence-corrected chi connectivity index (χ0v) is 7.05. The fourth-order valence-electron chi connectivity index (χ4n) is 1.72. The maximum atomic E-state index is 8.74. The number of ether oxygens (including phenoxy) is 1. The Kier molecular flexibility index (Phi) is 3.38. The van der Waals surface area contributed by atoms with E-state index in [0.717, 1.165) is 0 Å². The van der Waals surface area contributed by atoms with Gasteiger partial charge in [0.2, 0.25) is 0 Å². The minimum Gasteiger partial charge on any atom is -0.363 e. The Morgan fingerprint density at radius 1 is 1.55 bits per heavy atom. The molecule has 2 heteroatoms. The lowest BCUT2D eigenvalue weighted by molar-refractivity contribution is 0.0608. The molecular weight excluding hydrogens is 138 g/mol. The van der Waals surface area contributed by atoms with Crippen LogP contribution in [0.5, 0.6) is 0 Å². The van der Waals surface area contributed by atoms with Crippen LogP contribution in [0.15, 0.2) is 0 Å². The summed E-state index contributed by atoms with van der Waals surface area (Å²) >= 11 is 0. The normalized spacial score (nSPS) is 21.5. The molecule has 0 amide bonds. The number of nitrogens with zero attached hydrogens (tertiary/aromatic N) is 1. The molecule has 1 aliphatic carbocycles. The minimum atomic E-state index is -0.137. The van der Waals surface area contributed by atoms with E-state index in [0.29, 0.717) is 12.5 Å². The lowest BCUT2D eigenvalue weighted by atomic mass is 10.0. The molecule has 1 fully saturated rings. The Hall–Kier alpha value is -0.550. The third-order valence-corrected chi connectivity index (χ3v) is 2.30. The van der Waals surface area contributed by atoms with Crippen molar-refractivity contribution in [2.24, 2.45) is 5.92 Å². The van der Waals surface area contributed by atoms with E-state index < -0.39 is 0 Å². The van der Waals surface area contributed by atoms with E-state index in [-0.39, 0.29) is 6.10 Å². The van der Waals surface area contributed by atoms with Gasteiger partial charge in [-0.15, -0.1) is 0 Å². The average molecular weight is 153 g/mol. The molecule has 1 rings (SSSR count). The predicted molar refractivity (Wildman–Crippen MR) is 43.0 cm³/mol. The molecule has 0 saturated heterocycles. The average Bonchev–Trinajstić information content (AvgIpc) is 2.52. The lowest BCUT2D eigenvalue weighted by Crippen LogP contribution is -2.19. The molecule has 1 aliphatic rings. The second-order valence-corrected chi connectivity index (χ2v) is 3.05. The van der Waals surface area contributed by atoms with Crippen molar-refractivity contribution in [3.05, 3.63) is 0 Å². The summed E-state index contributed by atoms with van der Waals surface area (Å²) in [6.45, 7) is 2.61. The van der Waals surface area contributed by atoms with Crippen molar-refractivity contribution < 1.29 is 4.74 Å². The van der Waals surface area contributed by atoms with Crippen LogP contribution in [0, 0.1) is 17.2 Å². The van der Waals surface area contributed by atoms with Gasteiger partial charge in [0.15, 0.2) is 0 Å². The Morgan fingerprint density at radius 3 is 2.64 bits per heavy atom. The maximum Gasteiger partial charge on any atom is 0.146 e. The third-order valence-electron chi connectivity index (χ3n) is 2.30. The number of rotatable bonds is 3. The molecule has 0 spiro atoms. The van der Waals surface area contributed by atoms with Crippen LogP contribution in [0.1, 0.15) is 32.6 Å². The summed E-state index contributed by atoms with van der Waals surface area (Å²) < 4.78 is 5.31. The first-order valence-electron chi connectivity index (χ1n) is 4.39. The molecule has 0 bridgehead atoms. The molecule has 0 aromatic heterocycles. The second-order valence-electron chi connectivity index (χ2n) is 3.05. The summed E-state index contributed by atoms with van der Waals surface area (Å²) in [6.07, 6.45) is 4.77. The molecule has 2 nitrogen and oxygen atoms in total. The highest BCUT2D eigenvalue weighted by atomic mass is 16.5. The molecule has 1 unspecified atom stereocenters. The van der Waals surface area contributed by atoms with Gasteiger partial charge in [0.05, 0.1) is 6.07 Å². The first kappa shape index (κ1) is 8.55. The van der Waals surface area contributed by atoms with Gasteiger partial charge in [-0.05, 0) is 25.7 Å². The summed E-state index contributed by atoms with van der Waals surface area (Å²) in [5.41, 5.74) is 0. The van der Waals surface area contributed by atoms with E-state index in [4.69, 9.17) is 10.00 Å². The molecule has 0 heterocycles. The molecule has 1 atom stereocenters. The Morgan fingerprint density at radius 2 is 2.18 bits per heavy atom. The van der Waals surface area contributed by atoms with Gasteiger partial charge in [-0.2, -0.15) is 5.26 Å². The van der Waals surface area contributed by atoms with E-state index in [1.54, 1.807) is 0 Å². The van der Waals surface area contributed by atoms with Crippen molar-refractivity contribution in [3.8, 4) is 6.07 Å². The highest BCUT2D eigenvalue weighted by Gasteiger charge is 2.24. The van der Waals surface area contributed by atoms with E-state index in [1.807, 2.05) is 6.92 Å². The lowest BCUT2D eigenvalue weighted by Gasteiger charge is -2.15. The standard InChI is InChI=1S/C9H15NO/c1-2-11-9(7-10)8-5-3-4-6-8/h8-9H,2-6H2,1H3. The highest BCUT2D eigenvalue weighted by Crippen LogP contribution is 2.28. The van der Waals surface area contributed by atoms with Gasteiger partial charge < -0.3 is 4.74 Å². The smallest absolute Gasteiger partial charge is 0.146 e. The Bertz CT molecular complexity index is 144. The molecular formula is C9H15NO. The molecule has 62 valence electrons. The molecule has 1 saturated carbocycles. The highest BCUT2D eigenvalue weighted by molar-refractivity contribution is 4.91. The van der Waals surface area contributed by atoms with Crippen LogP contribution in [0.3, 0.4) is 0 Å². The quantitative estimate of drug-likeness (QED) is 0.622. The molecule has 0 N–H and O–H groups in total. The van der Waals surface area contributed by atoms with E-state index >= 15 is 0 Å². The predicted octanol–water partition coefficient (Wildman–Crippen LogP) is 2.11. The van der Waals surface area contributed by atoms with Crippen LogP contribution in [-0.4, -0.2) is 12.7 Å². The fraction of sp³-hybridized carbons (Fsp3) is 0.889. The number of hydrogen-bond acceptors (Lipinski definition) is 2. The first-order valence-corrected chi connectivity index (χ1v) is 4.39. The van der Waals surface area contributed by atoms with Crippen LogP contribution in [0.4, 0.5) is 0 Å². The largest absolute Gasteiger partial charge is 0.363 e. The van der Waals surface area contributed by atoms with E-state index in [1.165, 1.54) is 25.7 Å². The topological polar surface area (TPSA) is 33.0 Å². The van der Waals surface area contributed by atoms with Crippen molar-refractivity contribution in [3.63, 3.8) is 0 Å². The monoisotopic (exact) mass is 153 g/mol. The van der Waals surface area contributed by atoms with Crippen molar-refractivity contribution >= 4 is 0 Å². The van der Waals surface area contributed by atoms with Crippen molar-refractivity contribution in [1.29, 1.82) is 5.26 Å². The van der Waals surface area contributed by atoms with Gasteiger partial charge in [-0.1, -0.05) is 12.8 Å². The van der Waals surface area contributed by atoms with Crippen molar-refractivity contribution in [1.82, 2.24) is 0 Å². The van der Waals surface area contributed by atoms with Crippen LogP contribution in [0.25, 0.3) is 0 Å². The second kappa shape index (κ2) is 4.35. The van der Waals surface area contributed by atoms with Crippen molar-refractivity contribution in [2.75, 3.05) is 6.61 Å². The summed E-state index contributed by atoms with van der Waals surface area (Å²) in [5, 5.41) is 8.74. The van der Waals surface area contributed by atoms with E-state index in [9.17, 15) is 0 Å².